The fraction of sp³-hybridized carbons (Fsp3) is 0.200. The summed E-state index contributed by atoms with van der Waals surface area (Å²) >= 11 is 5.77. The second kappa shape index (κ2) is 4.58. The van der Waals surface area contributed by atoms with Crippen LogP contribution in [0.4, 0.5) is 5.82 Å². The smallest absolute Gasteiger partial charge is 0.266 e. The van der Waals surface area contributed by atoms with Crippen molar-refractivity contribution in [3.63, 3.8) is 0 Å². The standard InChI is InChI=1S/C10H11ClN4O2S/c1-6-10(7(2)14-13-6)18(16,17)15-9-5-8(11)3-4-12-9/h3-5H,1-2H3,(H,12,15)(H,13,14). The number of H-pyrrole nitrogens is 1. The molecule has 96 valence electrons. The van der Waals surface area contributed by atoms with Crippen molar-refractivity contribution in [2.45, 2.75) is 18.7 Å². The number of halogens is 1. The summed E-state index contributed by atoms with van der Waals surface area (Å²) in [7, 11) is -3.71. The third-order valence-electron chi connectivity index (χ3n) is 2.29. The molecule has 0 aliphatic carbocycles. The van der Waals surface area contributed by atoms with Crippen LogP contribution in [0, 0.1) is 13.8 Å². The van der Waals surface area contributed by atoms with E-state index in [1.807, 2.05) is 0 Å². The van der Waals surface area contributed by atoms with Crippen molar-refractivity contribution in [1.29, 1.82) is 0 Å². The highest BCUT2D eigenvalue weighted by atomic mass is 35.5. The molecule has 0 radical (unpaired) electrons. The summed E-state index contributed by atoms with van der Waals surface area (Å²) in [4.78, 5) is 4.02. The first kappa shape index (κ1) is 12.8. The molecule has 0 aliphatic rings. The van der Waals surface area contributed by atoms with Gasteiger partial charge < -0.3 is 0 Å². The van der Waals surface area contributed by atoms with Gasteiger partial charge in [-0.2, -0.15) is 5.10 Å². The Balaban J connectivity index is 2.39. The maximum Gasteiger partial charge on any atom is 0.266 e. The zero-order chi connectivity index (χ0) is 13.3. The molecular weight excluding hydrogens is 276 g/mol. The van der Waals surface area contributed by atoms with Gasteiger partial charge in [0.2, 0.25) is 0 Å². The van der Waals surface area contributed by atoms with E-state index in [1.54, 1.807) is 19.9 Å². The van der Waals surface area contributed by atoms with Gasteiger partial charge in [0.1, 0.15) is 10.7 Å². The van der Waals surface area contributed by atoms with E-state index in [9.17, 15) is 8.42 Å². The van der Waals surface area contributed by atoms with Crippen LogP contribution in [0.25, 0.3) is 0 Å². The van der Waals surface area contributed by atoms with Crippen molar-refractivity contribution in [1.82, 2.24) is 15.2 Å². The zero-order valence-corrected chi connectivity index (χ0v) is 11.3. The molecular formula is C10H11ClN4O2S. The van der Waals surface area contributed by atoms with E-state index in [0.717, 1.165) is 0 Å². The highest BCUT2D eigenvalue weighted by Gasteiger charge is 2.22. The van der Waals surface area contributed by atoms with Gasteiger partial charge in [-0.3, -0.25) is 9.82 Å². The first-order valence-electron chi connectivity index (χ1n) is 5.06. The van der Waals surface area contributed by atoms with Crippen LogP contribution in [-0.4, -0.2) is 23.6 Å². The molecule has 0 fully saturated rings. The summed E-state index contributed by atoms with van der Waals surface area (Å²) in [5, 5.41) is 6.88. The van der Waals surface area contributed by atoms with Crippen LogP contribution in [0.1, 0.15) is 11.4 Å². The zero-order valence-electron chi connectivity index (χ0n) is 9.73. The fourth-order valence-electron chi connectivity index (χ4n) is 1.59. The van der Waals surface area contributed by atoms with Crippen molar-refractivity contribution in [3.8, 4) is 0 Å². The summed E-state index contributed by atoms with van der Waals surface area (Å²) in [5.74, 6) is 0.169. The van der Waals surface area contributed by atoms with Crippen molar-refractivity contribution in [2.24, 2.45) is 0 Å². The van der Waals surface area contributed by atoms with Crippen molar-refractivity contribution >= 4 is 27.4 Å². The van der Waals surface area contributed by atoms with Crippen LogP contribution in [0.2, 0.25) is 5.02 Å². The Morgan fingerprint density at radius 1 is 1.39 bits per heavy atom. The Morgan fingerprint density at radius 2 is 2.11 bits per heavy atom. The predicted molar refractivity (Wildman–Crippen MR) is 68.1 cm³/mol. The lowest BCUT2D eigenvalue weighted by Gasteiger charge is -2.07. The number of anilines is 1. The molecule has 0 saturated carbocycles. The minimum Gasteiger partial charge on any atom is -0.281 e. The van der Waals surface area contributed by atoms with Crippen LogP contribution in [0.3, 0.4) is 0 Å². The molecule has 0 aromatic carbocycles. The van der Waals surface area contributed by atoms with Gasteiger partial charge in [-0.15, -0.1) is 0 Å². The summed E-state index contributed by atoms with van der Waals surface area (Å²) < 4.78 is 26.7. The predicted octanol–water partition coefficient (Wildman–Crippen LogP) is 1.88. The van der Waals surface area contributed by atoms with E-state index in [-0.39, 0.29) is 10.7 Å². The lowest BCUT2D eigenvalue weighted by Crippen LogP contribution is -2.15. The Kier molecular flexibility index (Phi) is 3.27. The first-order valence-corrected chi connectivity index (χ1v) is 6.92. The lowest BCUT2D eigenvalue weighted by molar-refractivity contribution is 0.600. The molecule has 6 nitrogen and oxygen atoms in total. The van der Waals surface area contributed by atoms with Gasteiger partial charge in [0.05, 0.1) is 11.4 Å². The molecule has 0 saturated heterocycles. The maximum atomic E-state index is 12.2. The molecule has 0 atom stereocenters. The third kappa shape index (κ3) is 2.46. The second-order valence-corrected chi connectivity index (χ2v) is 5.78. The highest BCUT2D eigenvalue weighted by molar-refractivity contribution is 7.92. The van der Waals surface area contributed by atoms with Crippen molar-refractivity contribution < 1.29 is 8.42 Å². The van der Waals surface area contributed by atoms with E-state index in [2.05, 4.69) is 19.9 Å². The lowest BCUT2D eigenvalue weighted by atomic mass is 10.4. The topological polar surface area (TPSA) is 87.7 Å². The molecule has 0 unspecified atom stereocenters. The average molecular weight is 287 g/mol. The molecule has 2 N–H and O–H groups in total. The molecule has 18 heavy (non-hydrogen) atoms. The molecule has 2 rings (SSSR count). The Morgan fingerprint density at radius 3 is 2.67 bits per heavy atom. The number of pyridine rings is 1. The quantitative estimate of drug-likeness (QED) is 0.902. The van der Waals surface area contributed by atoms with E-state index in [4.69, 9.17) is 11.6 Å². The Bertz CT molecular complexity index is 661. The second-order valence-electron chi connectivity index (χ2n) is 3.73. The number of nitrogens with one attached hydrogen (secondary N) is 2. The Labute approximate surface area is 109 Å². The largest absolute Gasteiger partial charge is 0.281 e. The van der Waals surface area contributed by atoms with E-state index >= 15 is 0 Å². The average Bonchev–Trinajstić information content (AvgIpc) is 2.58. The molecule has 0 bridgehead atoms. The van der Waals surface area contributed by atoms with Gasteiger partial charge in [-0.1, -0.05) is 11.6 Å². The van der Waals surface area contributed by atoms with Gasteiger partial charge in [0.25, 0.3) is 10.0 Å². The first-order chi connectivity index (χ1) is 8.40. The summed E-state index contributed by atoms with van der Waals surface area (Å²) in [5.41, 5.74) is 0.879. The number of hydrogen-bond acceptors (Lipinski definition) is 4. The van der Waals surface area contributed by atoms with Gasteiger partial charge >= 0.3 is 0 Å². The number of rotatable bonds is 3. The summed E-state index contributed by atoms with van der Waals surface area (Å²) in [6.07, 6.45) is 1.43. The molecule has 0 aliphatic heterocycles. The molecule has 2 aromatic heterocycles. The Hall–Kier alpha value is -1.60. The van der Waals surface area contributed by atoms with E-state index in [1.165, 1.54) is 12.3 Å². The number of aromatic nitrogens is 3. The molecule has 8 heteroatoms. The van der Waals surface area contributed by atoms with E-state index in [0.29, 0.717) is 16.4 Å². The van der Waals surface area contributed by atoms with Crippen molar-refractivity contribution in [2.75, 3.05) is 4.72 Å². The number of aryl methyl sites for hydroxylation is 2. The third-order valence-corrected chi connectivity index (χ3v) is 4.14. The number of aromatic amines is 1. The fourth-order valence-corrected chi connectivity index (χ4v) is 3.12. The normalized spacial score (nSPS) is 11.5. The van der Waals surface area contributed by atoms with Crippen LogP contribution < -0.4 is 4.72 Å². The van der Waals surface area contributed by atoms with Crippen LogP contribution in [0.15, 0.2) is 23.2 Å². The van der Waals surface area contributed by atoms with E-state index < -0.39 is 10.0 Å². The van der Waals surface area contributed by atoms with Gasteiger partial charge in [-0.05, 0) is 19.9 Å². The molecule has 0 spiro atoms. The minimum atomic E-state index is -3.71. The molecule has 2 heterocycles. The highest BCUT2D eigenvalue weighted by Crippen LogP contribution is 2.20. The maximum absolute atomic E-state index is 12.2. The van der Waals surface area contributed by atoms with Gasteiger partial charge in [-0.25, -0.2) is 13.4 Å². The van der Waals surface area contributed by atoms with Crippen molar-refractivity contribution in [3.05, 3.63) is 34.7 Å². The number of sulfonamides is 1. The summed E-state index contributed by atoms with van der Waals surface area (Å²) in [6.45, 7) is 3.25. The van der Waals surface area contributed by atoms with Crippen LogP contribution in [0.5, 0.6) is 0 Å². The molecule has 0 amide bonds. The SMILES string of the molecule is Cc1n[nH]c(C)c1S(=O)(=O)Nc1cc(Cl)ccn1. The number of nitrogens with zero attached hydrogens (tertiary/aromatic N) is 2. The number of hydrogen-bond donors (Lipinski definition) is 2. The van der Waals surface area contributed by atoms with Gasteiger partial charge in [0, 0.05) is 17.3 Å². The minimum absolute atomic E-state index is 0.129. The van der Waals surface area contributed by atoms with Crippen LogP contribution in [-0.2, 0) is 10.0 Å². The van der Waals surface area contributed by atoms with Gasteiger partial charge in [0.15, 0.2) is 0 Å². The van der Waals surface area contributed by atoms with Crippen LogP contribution >= 0.6 is 11.6 Å². The monoisotopic (exact) mass is 286 g/mol. The molecule has 2 aromatic rings. The summed E-state index contributed by atoms with van der Waals surface area (Å²) in [6, 6.07) is 3.00.